The van der Waals surface area contributed by atoms with E-state index in [0.717, 1.165) is 5.69 Å². The minimum absolute atomic E-state index is 0.0393. The zero-order chi connectivity index (χ0) is 24.5. The zero-order valence-corrected chi connectivity index (χ0v) is 19.4. The summed E-state index contributed by atoms with van der Waals surface area (Å²) in [6, 6.07) is 9.93. The predicted octanol–water partition coefficient (Wildman–Crippen LogP) is 4.00. The van der Waals surface area contributed by atoms with Crippen LogP contribution in [0, 0.1) is 5.82 Å². The van der Waals surface area contributed by atoms with Crippen molar-refractivity contribution < 1.29 is 23.4 Å². The molecule has 0 unspecified atom stereocenters. The molecule has 180 valence electrons. The highest BCUT2D eigenvalue weighted by molar-refractivity contribution is 6.08. The number of carbonyl (C=O) groups is 1. The van der Waals surface area contributed by atoms with Crippen LogP contribution in [0.4, 0.5) is 15.8 Å². The number of halogens is 1. The van der Waals surface area contributed by atoms with E-state index in [2.05, 4.69) is 25.6 Å². The highest BCUT2D eigenvalue weighted by atomic mass is 19.1. The molecule has 3 aromatic heterocycles. The Hall–Kier alpha value is -4.18. The topological polar surface area (TPSA) is 110 Å². The van der Waals surface area contributed by atoms with Crippen molar-refractivity contribution >= 4 is 28.3 Å². The first kappa shape index (κ1) is 22.6. The molecular weight excluding hydrogens is 453 g/mol. The Morgan fingerprint density at radius 3 is 2.77 bits per heavy atom. The van der Waals surface area contributed by atoms with Crippen molar-refractivity contribution in [3.05, 3.63) is 59.7 Å². The molecule has 9 nitrogen and oxygen atoms in total. The maximum Gasteiger partial charge on any atom is 0.255 e. The zero-order valence-electron chi connectivity index (χ0n) is 19.4. The number of H-pyrrole nitrogens is 1. The maximum atomic E-state index is 14.5. The summed E-state index contributed by atoms with van der Waals surface area (Å²) in [7, 11) is 4.55. The Kier molecular flexibility index (Phi) is 5.96. The van der Waals surface area contributed by atoms with Crippen LogP contribution in [0.5, 0.6) is 11.6 Å². The number of hydrogen-bond donors (Lipinski definition) is 3. The number of hydrogen-bond acceptors (Lipinski definition) is 7. The van der Waals surface area contributed by atoms with E-state index in [1.54, 1.807) is 38.6 Å². The van der Waals surface area contributed by atoms with E-state index in [1.807, 2.05) is 12.1 Å². The van der Waals surface area contributed by atoms with E-state index in [9.17, 15) is 9.18 Å². The van der Waals surface area contributed by atoms with Gasteiger partial charge in [-0.15, -0.1) is 0 Å². The Labute approximate surface area is 200 Å². The van der Waals surface area contributed by atoms with Crippen molar-refractivity contribution in [3.63, 3.8) is 0 Å². The minimum atomic E-state index is -0.522. The van der Waals surface area contributed by atoms with Crippen molar-refractivity contribution in [1.82, 2.24) is 20.3 Å². The van der Waals surface area contributed by atoms with Crippen LogP contribution >= 0.6 is 0 Å². The molecule has 35 heavy (non-hydrogen) atoms. The van der Waals surface area contributed by atoms with Crippen molar-refractivity contribution in [1.29, 1.82) is 0 Å². The summed E-state index contributed by atoms with van der Waals surface area (Å²) in [6.45, 7) is 0.824. The number of aromatic nitrogens is 3. The fourth-order valence-electron chi connectivity index (χ4n) is 4.41. The third-order valence-electron chi connectivity index (χ3n) is 6.01. The average molecular weight is 477 g/mol. The number of methoxy groups -OCH3 is 3. The Morgan fingerprint density at radius 2 is 2.00 bits per heavy atom. The Balaban J connectivity index is 1.78. The standard InChI is InChI=1S/C25H24FN5O4/c1-33-12-13-11-28-25(32)19-20(13)31-22(23(19)29-17-6-4-5-15(26)24(17)35-3)14-9-10-27-16-7-8-18(34-2)30-21(14)16/h4-10,13,29,31H,11-12H2,1-3H3,(H,28,32)/t13-/m0/s1. The number of anilines is 2. The van der Waals surface area contributed by atoms with Gasteiger partial charge in [-0.25, -0.2) is 9.37 Å². The lowest BCUT2D eigenvalue weighted by Crippen LogP contribution is -2.36. The monoisotopic (exact) mass is 477 g/mol. The number of rotatable bonds is 7. The molecule has 5 rings (SSSR count). The highest BCUT2D eigenvalue weighted by Crippen LogP contribution is 2.43. The normalized spacial score (nSPS) is 15.0. The Morgan fingerprint density at radius 1 is 1.14 bits per heavy atom. The first-order chi connectivity index (χ1) is 17.0. The van der Waals surface area contributed by atoms with Gasteiger partial charge in [-0.1, -0.05) is 6.07 Å². The van der Waals surface area contributed by atoms with Crippen molar-refractivity contribution in [2.75, 3.05) is 39.8 Å². The molecule has 0 fully saturated rings. The fraction of sp³-hybridized carbons (Fsp3) is 0.240. The van der Waals surface area contributed by atoms with E-state index in [4.69, 9.17) is 14.2 Å². The van der Waals surface area contributed by atoms with Crippen LogP contribution in [0.3, 0.4) is 0 Å². The van der Waals surface area contributed by atoms with Gasteiger partial charge in [-0.05, 0) is 24.3 Å². The second kappa shape index (κ2) is 9.22. The smallest absolute Gasteiger partial charge is 0.255 e. The number of fused-ring (bicyclic) bond motifs is 2. The molecule has 0 saturated carbocycles. The van der Waals surface area contributed by atoms with Gasteiger partial charge >= 0.3 is 0 Å². The molecule has 1 aromatic carbocycles. The third kappa shape index (κ3) is 3.91. The lowest BCUT2D eigenvalue weighted by atomic mass is 9.97. The molecule has 4 aromatic rings. The van der Waals surface area contributed by atoms with Gasteiger partial charge in [0.1, 0.15) is 5.52 Å². The largest absolute Gasteiger partial charge is 0.492 e. The molecule has 3 N–H and O–H groups in total. The summed E-state index contributed by atoms with van der Waals surface area (Å²) in [5, 5.41) is 6.18. The number of pyridine rings is 2. The molecule has 1 amide bonds. The van der Waals surface area contributed by atoms with Crippen LogP contribution < -0.4 is 20.1 Å². The number of aromatic amines is 1. The van der Waals surface area contributed by atoms with E-state index in [0.29, 0.717) is 58.3 Å². The number of para-hydroxylation sites is 1. The lowest BCUT2D eigenvalue weighted by Gasteiger charge is -2.23. The van der Waals surface area contributed by atoms with Crippen molar-refractivity contribution in [3.8, 4) is 22.9 Å². The van der Waals surface area contributed by atoms with E-state index >= 15 is 0 Å². The van der Waals surface area contributed by atoms with Crippen LogP contribution in [0.1, 0.15) is 22.0 Å². The quantitative estimate of drug-likeness (QED) is 0.369. The first-order valence-electron chi connectivity index (χ1n) is 11.0. The number of nitrogens with one attached hydrogen (secondary N) is 3. The number of nitrogens with zero attached hydrogens (tertiary/aromatic N) is 2. The third-order valence-corrected chi connectivity index (χ3v) is 6.01. The van der Waals surface area contributed by atoms with Gasteiger partial charge in [-0.3, -0.25) is 9.78 Å². The van der Waals surface area contributed by atoms with Gasteiger partial charge in [0, 0.05) is 43.1 Å². The number of amides is 1. The van der Waals surface area contributed by atoms with E-state index < -0.39 is 5.82 Å². The van der Waals surface area contributed by atoms with Gasteiger partial charge in [0.15, 0.2) is 11.6 Å². The second-order valence-corrected chi connectivity index (χ2v) is 8.05. The van der Waals surface area contributed by atoms with Crippen molar-refractivity contribution in [2.24, 2.45) is 0 Å². The SMILES string of the molecule is COC[C@@H]1CNC(=O)c2c1[nH]c(-c1ccnc3ccc(OC)nc13)c2Nc1cccc(F)c1OC. The summed E-state index contributed by atoms with van der Waals surface area (Å²) in [6.07, 6.45) is 1.67. The number of benzene rings is 1. The van der Waals surface area contributed by atoms with Crippen LogP contribution in [0.2, 0.25) is 0 Å². The minimum Gasteiger partial charge on any atom is -0.492 e. The predicted molar refractivity (Wildman–Crippen MR) is 129 cm³/mol. The maximum absolute atomic E-state index is 14.5. The van der Waals surface area contributed by atoms with Gasteiger partial charge in [0.2, 0.25) is 5.88 Å². The molecule has 10 heteroatoms. The molecule has 1 aliphatic heterocycles. The second-order valence-electron chi connectivity index (χ2n) is 8.05. The van der Waals surface area contributed by atoms with E-state index in [1.165, 1.54) is 13.2 Å². The summed E-state index contributed by atoms with van der Waals surface area (Å²) in [5.41, 5.74) is 4.54. The molecule has 0 saturated heterocycles. The Bertz CT molecular complexity index is 1420. The highest BCUT2D eigenvalue weighted by Gasteiger charge is 2.33. The lowest BCUT2D eigenvalue weighted by molar-refractivity contribution is 0.0925. The van der Waals surface area contributed by atoms with Crippen LogP contribution in [0.15, 0.2) is 42.6 Å². The molecule has 0 spiro atoms. The number of ether oxygens (including phenoxy) is 3. The van der Waals surface area contributed by atoms with Crippen LogP contribution in [-0.2, 0) is 4.74 Å². The van der Waals surface area contributed by atoms with Crippen LogP contribution in [-0.4, -0.2) is 55.3 Å². The summed E-state index contributed by atoms with van der Waals surface area (Å²) in [5.74, 6) is -0.411. The van der Waals surface area contributed by atoms with Gasteiger partial charge in [0.05, 0.1) is 49.0 Å². The first-order valence-corrected chi connectivity index (χ1v) is 11.0. The number of carbonyl (C=O) groups excluding carboxylic acids is 1. The molecule has 0 radical (unpaired) electrons. The molecule has 1 aliphatic rings. The molecule has 1 atom stereocenters. The van der Waals surface area contributed by atoms with Gasteiger partial charge < -0.3 is 29.8 Å². The summed E-state index contributed by atoms with van der Waals surface area (Å²) < 4.78 is 30.5. The van der Waals surface area contributed by atoms with E-state index in [-0.39, 0.29) is 17.6 Å². The van der Waals surface area contributed by atoms with Gasteiger partial charge in [-0.2, -0.15) is 0 Å². The fourth-order valence-corrected chi connectivity index (χ4v) is 4.41. The average Bonchev–Trinajstić information content (AvgIpc) is 3.25. The van der Waals surface area contributed by atoms with Gasteiger partial charge in [0.25, 0.3) is 5.91 Å². The van der Waals surface area contributed by atoms with Crippen LogP contribution in [0.25, 0.3) is 22.3 Å². The van der Waals surface area contributed by atoms with Crippen molar-refractivity contribution in [2.45, 2.75) is 5.92 Å². The molecule has 0 bridgehead atoms. The molecular formula is C25H24FN5O4. The molecule has 4 heterocycles. The molecule has 0 aliphatic carbocycles. The summed E-state index contributed by atoms with van der Waals surface area (Å²) >= 11 is 0. The summed E-state index contributed by atoms with van der Waals surface area (Å²) in [4.78, 5) is 25.6.